The topological polar surface area (TPSA) is 56.1 Å². The van der Waals surface area contributed by atoms with Crippen LogP contribution in [-0.2, 0) is 6.67 Å². The summed E-state index contributed by atoms with van der Waals surface area (Å²) in [6, 6.07) is 13.8. The predicted octanol–water partition coefficient (Wildman–Crippen LogP) is 2.68. The summed E-state index contributed by atoms with van der Waals surface area (Å²) in [5.74, 6) is 1.25. The van der Waals surface area contributed by atoms with Gasteiger partial charge in [-0.05, 0) is 42.8 Å². The van der Waals surface area contributed by atoms with Gasteiger partial charge in [0.2, 0.25) is 0 Å². The Balaban J connectivity index is 1.65. The maximum Gasteiger partial charge on any atom is 0.271 e. The molecular weight excluding hydrogens is 398 g/mol. The minimum absolute atomic E-state index is 0.0403. The summed E-state index contributed by atoms with van der Waals surface area (Å²) in [5.41, 5.74) is 3.08. The van der Waals surface area contributed by atoms with Crippen LogP contribution in [0, 0.1) is 6.92 Å². The molecule has 154 valence electrons. The van der Waals surface area contributed by atoms with Gasteiger partial charge in [-0.15, -0.1) is 0 Å². The van der Waals surface area contributed by atoms with Gasteiger partial charge in [-0.2, -0.15) is 0 Å². The minimum atomic E-state index is -0.0403. The minimum Gasteiger partial charge on any atom is -0.493 e. The maximum atomic E-state index is 13.0. The van der Waals surface area contributed by atoms with Gasteiger partial charge in [-0.25, -0.2) is 4.99 Å². The molecule has 7 heteroatoms. The summed E-state index contributed by atoms with van der Waals surface area (Å²) in [7, 11) is 1.59. The van der Waals surface area contributed by atoms with Crippen LogP contribution < -0.4 is 29.3 Å². The largest absolute Gasteiger partial charge is 0.493 e. The fourth-order valence-electron chi connectivity index (χ4n) is 3.22. The molecule has 0 radical (unpaired) electrons. The van der Waals surface area contributed by atoms with E-state index in [0.29, 0.717) is 36.0 Å². The van der Waals surface area contributed by atoms with Crippen molar-refractivity contribution >= 4 is 23.1 Å². The van der Waals surface area contributed by atoms with Crippen LogP contribution in [0.1, 0.15) is 11.1 Å². The number of nitrogens with zero attached hydrogens (tertiary/aromatic N) is 3. The molecule has 30 heavy (non-hydrogen) atoms. The number of anilines is 1. The summed E-state index contributed by atoms with van der Waals surface area (Å²) in [6.45, 7) is 7.13. The molecule has 2 aromatic carbocycles. The molecule has 0 saturated carbocycles. The monoisotopic (exact) mass is 421 g/mol. The fourth-order valence-corrected chi connectivity index (χ4v) is 4.19. The van der Waals surface area contributed by atoms with Crippen molar-refractivity contribution in [1.29, 1.82) is 0 Å². The van der Waals surface area contributed by atoms with E-state index in [9.17, 15) is 4.79 Å². The average molecular weight is 422 g/mol. The first-order valence-electron chi connectivity index (χ1n) is 9.58. The smallest absolute Gasteiger partial charge is 0.271 e. The van der Waals surface area contributed by atoms with Gasteiger partial charge < -0.3 is 14.4 Å². The van der Waals surface area contributed by atoms with Crippen LogP contribution in [0.3, 0.4) is 0 Å². The van der Waals surface area contributed by atoms with Crippen molar-refractivity contribution in [3.8, 4) is 11.5 Å². The van der Waals surface area contributed by atoms with Crippen molar-refractivity contribution in [2.45, 2.75) is 13.6 Å². The number of thiazole rings is 1. The third kappa shape index (κ3) is 4.02. The molecule has 6 nitrogen and oxygen atoms in total. The quantitative estimate of drug-likeness (QED) is 0.575. The molecule has 0 amide bonds. The molecule has 2 heterocycles. The second-order valence-electron chi connectivity index (χ2n) is 6.95. The van der Waals surface area contributed by atoms with Crippen LogP contribution in [0.15, 0.2) is 64.9 Å². The molecule has 0 bridgehead atoms. The van der Waals surface area contributed by atoms with E-state index in [0.717, 1.165) is 16.1 Å². The fraction of sp³-hybridized carbons (Fsp3) is 0.217. The lowest BCUT2D eigenvalue weighted by atomic mass is 10.2. The molecule has 0 aliphatic carbocycles. The Bertz CT molecular complexity index is 1240. The van der Waals surface area contributed by atoms with Crippen molar-refractivity contribution in [2.24, 2.45) is 4.99 Å². The van der Waals surface area contributed by atoms with Crippen LogP contribution in [0.2, 0.25) is 0 Å². The van der Waals surface area contributed by atoms with Gasteiger partial charge in [0.1, 0.15) is 19.9 Å². The Morgan fingerprint density at radius 2 is 2.00 bits per heavy atom. The maximum absolute atomic E-state index is 13.0. The van der Waals surface area contributed by atoms with E-state index in [2.05, 4.69) is 47.7 Å². The lowest BCUT2D eigenvalue weighted by Gasteiger charge is -2.25. The highest BCUT2D eigenvalue weighted by molar-refractivity contribution is 7.07. The molecule has 0 atom stereocenters. The van der Waals surface area contributed by atoms with Crippen molar-refractivity contribution in [1.82, 2.24) is 4.57 Å². The lowest BCUT2D eigenvalue weighted by Crippen LogP contribution is -2.42. The number of hydrogen-bond donors (Lipinski definition) is 0. The number of fused-ring (bicyclic) bond motifs is 1. The zero-order valence-electron chi connectivity index (χ0n) is 17.0. The molecule has 1 aliphatic rings. The molecule has 0 spiro atoms. The first kappa shape index (κ1) is 20.0. The van der Waals surface area contributed by atoms with Crippen LogP contribution in [0.25, 0.3) is 6.08 Å². The Hall–Kier alpha value is -3.32. The molecule has 3 aromatic rings. The SMILES string of the molecule is C=CCOc1ccc(/C=c2/sc3n(c2=O)CN(c2ccc(C)cc2)CN=3)cc1OC. The number of ether oxygens (including phenoxy) is 2. The van der Waals surface area contributed by atoms with E-state index >= 15 is 0 Å². The molecule has 1 aliphatic heterocycles. The second-order valence-corrected chi connectivity index (χ2v) is 7.96. The van der Waals surface area contributed by atoms with Crippen molar-refractivity contribution in [2.75, 3.05) is 25.3 Å². The number of rotatable bonds is 6. The van der Waals surface area contributed by atoms with E-state index in [4.69, 9.17) is 9.47 Å². The zero-order chi connectivity index (χ0) is 21.1. The molecular formula is C23H23N3O3S. The summed E-state index contributed by atoms with van der Waals surface area (Å²) in [5, 5.41) is 0. The third-order valence-corrected chi connectivity index (χ3v) is 5.86. The number of hydrogen-bond acceptors (Lipinski definition) is 6. The standard InChI is InChI=1S/C23H23N3O3S/c1-4-11-29-19-10-7-17(12-20(19)28-3)13-21-22(27)26-15-25(14-24-23(26)30-21)18-8-5-16(2)6-9-18/h4-10,12-13H,1,11,14-15H2,2-3H3/b21-13+. The Kier molecular flexibility index (Phi) is 5.72. The van der Waals surface area contributed by atoms with Crippen molar-refractivity contribution in [3.05, 3.63) is 85.9 Å². The van der Waals surface area contributed by atoms with E-state index < -0.39 is 0 Å². The average Bonchev–Trinajstić information content (AvgIpc) is 3.08. The van der Waals surface area contributed by atoms with Gasteiger partial charge in [0, 0.05) is 5.69 Å². The highest BCUT2D eigenvalue weighted by Gasteiger charge is 2.16. The van der Waals surface area contributed by atoms with E-state index in [1.165, 1.54) is 16.9 Å². The van der Waals surface area contributed by atoms with Crippen LogP contribution in [-0.4, -0.2) is 25.0 Å². The molecule has 4 rings (SSSR count). The molecule has 0 fully saturated rings. The summed E-state index contributed by atoms with van der Waals surface area (Å²) < 4.78 is 13.4. The number of benzene rings is 2. The van der Waals surface area contributed by atoms with Gasteiger partial charge in [-0.3, -0.25) is 9.36 Å². The van der Waals surface area contributed by atoms with Gasteiger partial charge in [0.15, 0.2) is 16.3 Å². The third-order valence-electron chi connectivity index (χ3n) is 4.82. The Morgan fingerprint density at radius 1 is 1.20 bits per heavy atom. The van der Waals surface area contributed by atoms with Crippen molar-refractivity contribution < 1.29 is 9.47 Å². The van der Waals surface area contributed by atoms with Gasteiger partial charge in [-0.1, -0.05) is 47.8 Å². The van der Waals surface area contributed by atoms with Crippen LogP contribution in [0.5, 0.6) is 11.5 Å². The molecule has 0 N–H and O–H groups in total. The van der Waals surface area contributed by atoms with E-state index in [1.807, 2.05) is 24.3 Å². The Morgan fingerprint density at radius 3 is 2.73 bits per heavy atom. The summed E-state index contributed by atoms with van der Waals surface area (Å²) >= 11 is 1.40. The molecule has 1 aromatic heterocycles. The zero-order valence-corrected chi connectivity index (χ0v) is 17.8. The lowest BCUT2D eigenvalue weighted by molar-refractivity contribution is 0.326. The first-order valence-corrected chi connectivity index (χ1v) is 10.4. The second kappa shape index (κ2) is 8.59. The summed E-state index contributed by atoms with van der Waals surface area (Å²) in [4.78, 5) is 20.4. The molecule has 0 saturated heterocycles. The number of methoxy groups -OCH3 is 1. The predicted molar refractivity (Wildman–Crippen MR) is 120 cm³/mol. The first-order chi connectivity index (χ1) is 14.6. The van der Waals surface area contributed by atoms with Crippen molar-refractivity contribution in [3.63, 3.8) is 0 Å². The van der Waals surface area contributed by atoms with Gasteiger partial charge >= 0.3 is 0 Å². The van der Waals surface area contributed by atoms with Crippen LogP contribution >= 0.6 is 11.3 Å². The van der Waals surface area contributed by atoms with Gasteiger partial charge in [0.25, 0.3) is 5.56 Å². The Labute approximate surface area is 178 Å². The van der Waals surface area contributed by atoms with Crippen LogP contribution in [0.4, 0.5) is 5.69 Å². The van der Waals surface area contributed by atoms with E-state index in [-0.39, 0.29) is 5.56 Å². The number of aryl methyl sites for hydroxylation is 1. The van der Waals surface area contributed by atoms with Gasteiger partial charge in [0.05, 0.1) is 11.6 Å². The molecule has 0 unspecified atom stereocenters. The highest BCUT2D eigenvalue weighted by Crippen LogP contribution is 2.28. The summed E-state index contributed by atoms with van der Waals surface area (Å²) in [6.07, 6.45) is 3.55. The normalized spacial score (nSPS) is 13.5. The van der Waals surface area contributed by atoms with E-state index in [1.54, 1.807) is 17.8 Å². The highest BCUT2D eigenvalue weighted by atomic mass is 32.1. The number of aromatic nitrogens is 1.